The lowest BCUT2D eigenvalue weighted by molar-refractivity contribution is 0.102. The number of amidine groups is 1. The van der Waals surface area contributed by atoms with Crippen LogP contribution in [0.3, 0.4) is 0 Å². The van der Waals surface area contributed by atoms with Crippen molar-refractivity contribution >= 4 is 27.4 Å². The zero-order valence-electron chi connectivity index (χ0n) is 16.8. The van der Waals surface area contributed by atoms with Crippen LogP contribution in [0.2, 0.25) is 0 Å². The Hall–Kier alpha value is -3.15. The minimum absolute atomic E-state index is 0.00811. The molecule has 0 saturated heterocycles. The Morgan fingerprint density at radius 1 is 1.23 bits per heavy atom. The van der Waals surface area contributed by atoms with Gasteiger partial charge in [0, 0.05) is 0 Å². The number of amides is 1. The third-order valence-corrected chi connectivity index (χ3v) is 7.61. The van der Waals surface area contributed by atoms with Crippen LogP contribution in [0.5, 0.6) is 5.88 Å². The fourth-order valence-electron chi connectivity index (χ4n) is 2.87. The van der Waals surface area contributed by atoms with Gasteiger partial charge in [0.2, 0.25) is 5.88 Å². The molecule has 3 heterocycles. The number of carbonyl (C=O) groups is 1. The summed E-state index contributed by atoms with van der Waals surface area (Å²) in [6.45, 7) is 4.31. The van der Waals surface area contributed by atoms with Gasteiger partial charge in [-0.05, 0) is 32.9 Å². The quantitative estimate of drug-likeness (QED) is 0.722. The second-order valence-electron chi connectivity index (χ2n) is 7.47. The number of nitrogens with zero attached hydrogens (tertiary/aromatic N) is 4. The number of halogens is 1. The predicted octanol–water partition coefficient (Wildman–Crippen LogP) is 1.05. The second-order valence-corrected chi connectivity index (χ2v) is 10.0. The van der Waals surface area contributed by atoms with Gasteiger partial charge in [-0.2, -0.15) is 0 Å². The van der Waals surface area contributed by atoms with Gasteiger partial charge in [-0.15, -0.1) is 0 Å². The molecule has 12 heteroatoms. The summed E-state index contributed by atoms with van der Waals surface area (Å²) in [5, 5.41) is 2.48. The van der Waals surface area contributed by atoms with Gasteiger partial charge in [0.05, 0.1) is 25.3 Å². The van der Waals surface area contributed by atoms with Crippen molar-refractivity contribution in [3.05, 3.63) is 41.7 Å². The van der Waals surface area contributed by atoms with E-state index in [4.69, 9.17) is 10.5 Å². The van der Waals surface area contributed by atoms with E-state index in [0.717, 1.165) is 6.07 Å². The standard InChI is InChI=1S/C18H21FN6O4S/c1-17(2)16(20)25-18(3,9-30(17,27)28)14-10(19)5-6-12(23-14)24-15(26)11-7-22-13(29-4)8-21-11/h5-8H,9H2,1-4H3,(H2,20,25)(H,23,24,26). The molecule has 1 amide bonds. The summed E-state index contributed by atoms with van der Waals surface area (Å²) in [4.78, 5) is 28.5. The van der Waals surface area contributed by atoms with Crippen LogP contribution in [-0.2, 0) is 15.4 Å². The molecule has 0 radical (unpaired) electrons. The molecule has 3 N–H and O–H groups in total. The van der Waals surface area contributed by atoms with Gasteiger partial charge >= 0.3 is 0 Å². The molecule has 2 aromatic rings. The first-order chi connectivity index (χ1) is 13.9. The molecule has 0 spiro atoms. The zero-order valence-corrected chi connectivity index (χ0v) is 17.6. The van der Waals surface area contributed by atoms with Gasteiger partial charge < -0.3 is 15.8 Å². The van der Waals surface area contributed by atoms with Gasteiger partial charge in [-0.3, -0.25) is 9.79 Å². The lowest BCUT2D eigenvalue weighted by Gasteiger charge is -2.37. The highest BCUT2D eigenvalue weighted by atomic mass is 32.2. The van der Waals surface area contributed by atoms with Crippen molar-refractivity contribution in [2.24, 2.45) is 10.7 Å². The first-order valence-corrected chi connectivity index (χ1v) is 10.5. The number of hydrogen-bond donors (Lipinski definition) is 2. The topological polar surface area (TPSA) is 150 Å². The maximum absolute atomic E-state index is 14.6. The molecule has 10 nitrogen and oxygen atoms in total. The smallest absolute Gasteiger partial charge is 0.277 e. The van der Waals surface area contributed by atoms with Crippen LogP contribution in [0.4, 0.5) is 10.2 Å². The minimum Gasteiger partial charge on any atom is -0.480 e. The number of aromatic nitrogens is 3. The number of ether oxygens (including phenoxy) is 1. The van der Waals surface area contributed by atoms with Crippen molar-refractivity contribution in [1.82, 2.24) is 15.0 Å². The second kappa shape index (κ2) is 7.27. The van der Waals surface area contributed by atoms with Crippen molar-refractivity contribution in [1.29, 1.82) is 0 Å². The maximum atomic E-state index is 14.6. The Labute approximate surface area is 172 Å². The summed E-state index contributed by atoms with van der Waals surface area (Å²) in [6, 6.07) is 2.31. The minimum atomic E-state index is -3.75. The van der Waals surface area contributed by atoms with Gasteiger partial charge in [0.1, 0.15) is 39.1 Å². The van der Waals surface area contributed by atoms with E-state index in [2.05, 4.69) is 25.3 Å². The van der Waals surface area contributed by atoms with E-state index in [1.54, 1.807) is 0 Å². The van der Waals surface area contributed by atoms with E-state index in [1.165, 1.54) is 46.3 Å². The summed E-state index contributed by atoms with van der Waals surface area (Å²) in [5.74, 6) is -1.81. The van der Waals surface area contributed by atoms with E-state index < -0.39 is 37.6 Å². The molecule has 1 unspecified atom stereocenters. The van der Waals surface area contributed by atoms with Crippen LogP contribution in [-0.4, -0.2) is 52.7 Å². The summed E-state index contributed by atoms with van der Waals surface area (Å²) in [5.41, 5.74) is 4.08. The van der Waals surface area contributed by atoms with E-state index in [9.17, 15) is 17.6 Å². The van der Waals surface area contributed by atoms with Crippen LogP contribution in [0.25, 0.3) is 0 Å². The molecule has 0 bridgehead atoms. The molecule has 1 atom stereocenters. The van der Waals surface area contributed by atoms with Crippen LogP contribution in [0.1, 0.15) is 37.0 Å². The molecule has 0 aliphatic carbocycles. The molecular formula is C18H21FN6O4S. The Morgan fingerprint density at radius 3 is 2.50 bits per heavy atom. The van der Waals surface area contributed by atoms with Crippen molar-refractivity contribution in [3.8, 4) is 5.88 Å². The van der Waals surface area contributed by atoms with Crippen LogP contribution >= 0.6 is 0 Å². The number of hydrogen-bond acceptors (Lipinski definition) is 9. The number of pyridine rings is 1. The number of nitrogens with two attached hydrogens (primary N) is 1. The molecule has 3 rings (SSSR count). The first-order valence-electron chi connectivity index (χ1n) is 8.82. The molecule has 160 valence electrons. The molecule has 1 aliphatic rings. The third kappa shape index (κ3) is 3.70. The lowest BCUT2D eigenvalue weighted by atomic mass is 9.98. The normalized spacial score (nSPS) is 22.1. The molecule has 1 aliphatic heterocycles. The first kappa shape index (κ1) is 21.6. The van der Waals surface area contributed by atoms with Crippen LogP contribution < -0.4 is 15.8 Å². The number of anilines is 1. The van der Waals surface area contributed by atoms with Gasteiger partial charge in [-0.1, -0.05) is 0 Å². The summed E-state index contributed by atoms with van der Waals surface area (Å²) >= 11 is 0. The molecule has 30 heavy (non-hydrogen) atoms. The fourth-order valence-corrected chi connectivity index (χ4v) is 4.54. The number of aliphatic imine (C=N–C) groups is 1. The Kier molecular flexibility index (Phi) is 5.23. The largest absolute Gasteiger partial charge is 0.480 e. The van der Waals surface area contributed by atoms with E-state index in [-0.39, 0.29) is 28.9 Å². The van der Waals surface area contributed by atoms with Crippen molar-refractivity contribution < 1.29 is 22.3 Å². The molecular weight excluding hydrogens is 415 g/mol. The average Bonchev–Trinajstić information content (AvgIpc) is 2.67. The Morgan fingerprint density at radius 2 is 1.93 bits per heavy atom. The summed E-state index contributed by atoms with van der Waals surface area (Å²) in [6.07, 6.45) is 2.48. The highest BCUT2D eigenvalue weighted by Crippen LogP contribution is 2.37. The highest BCUT2D eigenvalue weighted by molar-refractivity contribution is 7.93. The number of nitrogens with one attached hydrogen (secondary N) is 1. The summed E-state index contributed by atoms with van der Waals surface area (Å²) in [7, 11) is -2.34. The van der Waals surface area contributed by atoms with E-state index in [0.29, 0.717) is 0 Å². The van der Waals surface area contributed by atoms with Crippen molar-refractivity contribution in [2.45, 2.75) is 31.1 Å². The number of rotatable bonds is 4. The highest BCUT2D eigenvalue weighted by Gasteiger charge is 2.50. The fraction of sp³-hybridized carbons (Fsp3) is 0.389. The zero-order chi connectivity index (χ0) is 22.3. The van der Waals surface area contributed by atoms with E-state index in [1.807, 2.05) is 0 Å². The maximum Gasteiger partial charge on any atom is 0.277 e. The van der Waals surface area contributed by atoms with Gasteiger partial charge in [-0.25, -0.2) is 27.8 Å². The van der Waals surface area contributed by atoms with Gasteiger partial charge in [0.25, 0.3) is 5.91 Å². The SMILES string of the molecule is COc1cnc(C(=O)Nc2ccc(F)c(C3(C)CS(=O)(=O)C(C)(C)C(N)=N3)n2)cn1. The lowest BCUT2D eigenvalue weighted by Crippen LogP contribution is -2.55. The Balaban J connectivity index is 1.95. The predicted molar refractivity (Wildman–Crippen MR) is 108 cm³/mol. The van der Waals surface area contributed by atoms with Crippen LogP contribution in [0.15, 0.2) is 29.5 Å². The number of sulfone groups is 1. The summed E-state index contributed by atoms with van der Waals surface area (Å²) < 4.78 is 43.5. The molecule has 0 aromatic carbocycles. The van der Waals surface area contributed by atoms with E-state index >= 15 is 0 Å². The Bertz CT molecular complexity index is 1130. The average molecular weight is 436 g/mol. The monoisotopic (exact) mass is 436 g/mol. The molecule has 0 saturated carbocycles. The van der Waals surface area contributed by atoms with Crippen molar-refractivity contribution in [2.75, 3.05) is 18.2 Å². The van der Waals surface area contributed by atoms with Crippen LogP contribution in [0, 0.1) is 5.82 Å². The van der Waals surface area contributed by atoms with Gasteiger partial charge in [0.15, 0.2) is 9.84 Å². The van der Waals surface area contributed by atoms with Crippen molar-refractivity contribution in [3.63, 3.8) is 0 Å². The molecule has 2 aromatic heterocycles. The number of carbonyl (C=O) groups excluding carboxylic acids is 1. The number of methoxy groups -OCH3 is 1. The molecule has 0 fully saturated rings. The third-order valence-electron chi connectivity index (χ3n) is 4.90.